The molecule has 1 aromatic heterocycles. The van der Waals surface area contributed by atoms with Gasteiger partial charge >= 0.3 is 0 Å². The summed E-state index contributed by atoms with van der Waals surface area (Å²) in [6.45, 7) is 0. The van der Waals surface area contributed by atoms with E-state index in [0.717, 1.165) is 11.1 Å². The highest BCUT2D eigenvalue weighted by atomic mass is 16.3. The number of aliphatic hydroxyl groups excluding tert-OH is 1. The number of aliphatic hydroxyl groups is 1. The molecule has 1 heterocycles. The summed E-state index contributed by atoms with van der Waals surface area (Å²) >= 11 is 0. The number of hydrogen-bond donors (Lipinski definition) is 2. The van der Waals surface area contributed by atoms with Gasteiger partial charge in [-0.15, -0.1) is 0 Å². The summed E-state index contributed by atoms with van der Waals surface area (Å²) in [5.41, 5.74) is 2.36. The highest BCUT2D eigenvalue weighted by Crippen LogP contribution is 2.31. The summed E-state index contributed by atoms with van der Waals surface area (Å²) in [6.07, 6.45) is -0.0662. The number of hydrogen-bond acceptors (Lipinski definition) is 4. The molecule has 6 heteroatoms. The van der Waals surface area contributed by atoms with E-state index in [2.05, 4.69) is 10.4 Å². The molecule has 0 fully saturated rings. The smallest absolute Gasteiger partial charge is 0.274 e. The Labute approximate surface area is 150 Å². The predicted molar refractivity (Wildman–Crippen MR) is 97.7 cm³/mol. The Bertz CT molecular complexity index is 1060. The van der Waals surface area contributed by atoms with Gasteiger partial charge in [0.05, 0.1) is 29.6 Å². The van der Waals surface area contributed by atoms with Crippen LogP contribution in [0.25, 0.3) is 10.8 Å². The molecule has 2 N–H and O–H groups in total. The van der Waals surface area contributed by atoms with Crippen molar-refractivity contribution in [1.29, 1.82) is 0 Å². The zero-order valence-electron chi connectivity index (χ0n) is 14.3. The van der Waals surface area contributed by atoms with Crippen LogP contribution in [0.2, 0.25) is 0 Å². The summed E-state index contributed by atoms with van der Waals surface area (Å²) in [6, 6.07) is 14.4. The molecule has 26 heavy (non-hydrogen) atoms. The zero-order chi connectivity index (χ0) is 18.3. The number of nitrogens with one attached hydrogen (secondary N) is 1. The van der Waals surface area contributed by atoms with Gasteiger partial charge in [0.15, 0.2) is 0 Å². The van der Waals surface area contributed by atoms with Crippen molar-refractivity contribution in [2.24, 2.45) is 7.05 Å². The molecule has 4 rings (SSSR count). The number of aryl methyl sites for hydroxylation is 1. The molecule has 6 nitrogen and oxygen atoms in total. The number of aromatic nitrogens is 2. The lowest BCUT2D eigenvalue weighted by molar-refractivity contribution is -0.122. The van der Waals surface area contributed by atoms with Crippen molar-refractivity contribution in [3.8, 4) is 0 Å². The molecule has 0 radical (unpaired) electrons. The van der Waals surface area contributed by atoms with Crippen LogP contribution in [-0.4, -0.2) is 26.9 Å². The quantitative estimate of drug-likeness (QED) is 0.745. The summed E-state index contributed by atoms with van der Waals surface area (Å²) in [5, 5.41) is 18.7. The number of carbonyl (C=O) groups excluding carboxylic acids is 1. The number of rotatable bonds is 3. The topological polar surface area (TPSA) is 84.2 Å². The summed E-state index contributed by atoms with van der Waals surface area (Å²) in [7, 11) is 1.58. The molecule has 1 amide bonds. The molecule has 0 aliphatic heterocycles. The van der Waals surface area contributed by atoms with Crippen LogP contribution < -0.4 is 10.9 Å². The lowest BCUT2D eigenvalue weighted by Gasteiger charge is -2.18. The molecule has 3 aromatic rings. The van der Waals surface area contributed by atoms with Crippen LogP contribution in [0.1, 0.15) is 22.9 Å². The Morgan fingerprint density at radius 2 is 1.88 bits per heavy atom. The van der Waals surface area contributed by atoms with E-state index in [-0.39, 0.29) is 17.9 Å². The van der Waals surface area contributed by atoms with Gasteiger partial charge in [-0.3, -0.25) is 9.59 Å². The second kappa shape index (κ2) is 6.38. The first kappa shape index (κ1) is 16.5. The van der Waals surface area contributed by atoms with Gasteiger partial charge in [0.25, 0.3) is 5.56 Å². The molecule has 0 bridgehead atoms. The van der Waals surface area contributed by atoms with Crippen LogP contribution >= 0.6 is 0 Å². The Morgan fingerprint density at radius 3 is 2.69 bits per heavy atom. The Hall–Kier alpha value is -2.99. The molecule has 0 spiro atoms. The van der Waals surface area contributed by atoms with Gasteiger partial charge in [0.2, 0.25) is 5.91 Å². The number of amides is 1. The van der Waals surface area contributed by atoms with Gasteiger partial charge in [-0.1, -0.05) is 42.5 Å². The number of fused-ring (bicyclic) bond motifs is 2. The third kappa shape index (κ3) is 2.78. The maximum absolute atomic E-state index is 12.6. The van der Waals surface area contributed by atoms with Crippen LogP contribution in [0.5, 0.6) is 0 Å². The van der Waals surface area contributed by atoms with E-state index >= 15 is 0 Å². The normalized spacial score (nSPS) is 18.7. The van der Waals surface area contributed by atoms with Crippen LogP contribution in [0.4, 0.5) is 0 Å². The summed E-state index contributed by atoms with van der Waals surface area (Å²) < 4.78 is 1.25. The number of carbonyl (C=O) groups is 1. The van der Waals surface area contributed by atoms with Crippen LogP contribution in [0.3, 0.4) is 0 Å². The average Bonchev–Trinajstić information content (AvgIpc) is 2.95. The fourth-order valence-corrected chi connectivity index (χ4v) is 3.63. The average molecular weight is 349 g/mol. The molecule has 2 aromatic carbocycles. The van der Waals surface area contributed by atoms with Crippen molar-refractivity contribution in [1.82, 2.24) is 15.1 Å². The van der Waals surface area contributed by atoms with Gasteiger partial charge in [0, 0.05) is 18.9 Å². The second-order valence-corrected chi connectivity index (χ2v) is 6.61. The van der Waals surface area contributed by atoms with E-state index in [0.29, 0.717) is 22.9 Å². The van der Waals surface area contributed by atoms with Gasteiger partial charge < -0.3 is 10.4 Å². The monoisotopic (exact) mass is 349 g/mol. The Kier molecular flexibility index (Phi) is 4.05. The Balaban J connectivity index is 1.61. The van der Waals surface area contributed by atoms with E-state index < -0.39 is 12.1 Å². The van der Waals surface area contributed by atoms with Crippen molar-refractivity contribution in [2.75, 3.05) is 0 Å². The highest BCUT2D eigenvalue weighted by Gasteiger charge is 2.32. The van der Waals surface area contributed by atoms with Crippen molar-refractivity contribution in [2.45, 2.75) is 25.0 Å². The summed E-state index contributed by atoms with van der Waals surface area (Å²) in [5.74, 6) is -0.234. The molecular formula is C20H19N3O3. The van der Waals surface area contributed by atoms with Crippen molar-refractivity contribution < 1.29 is 9.90 Å². The molecule has 2 unspecified atom stereocenters. The van der Waals surface area contributed by atoms with E-state index in [1.165, 1.54) is 4.68 Å². The van der Waals surface area contributed by atoms with Crippen LogP contribution in [0, 0.1) is 0 Å². The van der Waals surface area contributed by atoms with Crippen molar-refractivity contribution >= 4 is 16.7 Å². The number of nitrogens with zero attached hydrogens (tertiary/aromatic N) is 2. The maximum atomic E-state index is 12.6. The predicted octanol–water partition coefficient (Wildman–Crippen LogP) is 1.25. The first-order valence-electron chi connectivity index (χ1n) is 8.55. The van der Waals surface area contributed by atoms with Gasteiger partial charge in [0.1, 0.15) is 0 Å². The minimum absolute atomic E-state index is 0.0417. The van der Waals surface area contributed by atoms with E-state index in [1.807, 2.05) is 30.3 Å². The molecular weight excluding hydrogens is 330 g/mol. The molecule has 0 saturated heterocycles. The van der Waals surface area contributed by atoms with E-state index in [9.17, 15) is 14.7 Å². The molecule has 132 valence electrons. The van der Waals surface area contributed by atoms with Crippen molar-refractivity contribution in [3.05, 3.63) is 75.7 Å². The summed E-state index contributed by atoms with van der Waals surface area (Å²) in [4.78, 5) is 24.8. The Morgan fingerprint density at radius 1 is 1.19 bits per heavy atom. The van der Waals surface area contributed by atoms with E-state index in [1.54, 1.807) is 25.2 Å². The van der Waals surface area contributed by atoms with Gasteiger partial charge in [-0.2, -0.15) is 5.10 Å². The van der Waals surface area contributed by atoms with Gasteiger partial charge in [-0.05, 0) is 17.2 Å². The van der Waals surface area contributed by atoms with E-state index in [4.69, 9.17) is 0 Å². The minimum Gasteiger partial charge on any atom is -0.390 e. The fourth-order valence-electron chi connectivity index (χ4n) is 3.63. The lowest BCUT2D eigenvalue weighted by atomic mass is 10.1. The van der Waals surface area contributed by atoms with Crippen LogP contribution in [0.15, 0.2) is 53.3 Å². The maximum Gasteiger partial charge on any atom is 0.274 e. The van der Waals surface area contributed by atoms with Crippen molar-refractivity contribution in [3.63, 3.8) is 0 Å². The fraction of sp³-hybridized carbons (Fsp3) is 0.250. The first-order valence-corrected chi connectivity index (χ1v) is 8.55. The SMILES string of the molecule is Cn1nc(CC(=O)NC2c3ccccc3CC2O)c2ccccc2c1=O. The number of benzene rings is 2. The molecule has 0 saturated carbocycles. The standard InChI is InChI=1S/C20H19N3O3/c1-23-20(26)15-9-5-4-8-14(15)16(22-23)11-18(25)21-19-13-7-3-2-6-12(13)10-17(19)24/h2-9,17,19,24H,10-11H2,1H3,(H,21,25). The molecule has 1 aliphatic carbocycles. The zero-order valence-corrected chi connectivity index (χ0v) is 14.3. The highest BCUT2D eigenvalue weighted by molar-refractivity contribution is 5.88. The second-order valence-electron chi connectivity index (χ2n) is 6.61. The first-order chi connectivity index (χ1) is 12.5. The van der Waals surface area contributed by atoms with Crippen LogP contribution in [-0.2, 0) is 24.7 Å². The third-order valence-corrected chi connectivity index (χ3v) is 4.88. The third-order valence-electron chi connectivity index (χ3n) is 4.88. The van der Waals surface area contributed by atoms with Gasteiger partial charge in [-0.25, -0.2) is 4.68 Å². The lowest BCUT2D eigenvalue weighted by Crippen LogP contribution is -2.35. The molecule has 2 atom stereocenters. The largest absolute Gasteiger partial charge is 0.390 e. The minimum atomic E-state index is -0.638. The molecule has 1 aliphatic rings.